The number of rotatable bonds is 3. The highest BCUT2D eigenvalue weighted by atomic mass is 28.4. The second-order valence-corrected chi connectivity index (χ2v) is 11.2. The minimum Gasteiger partial charge on any atom is -0.414 e. The van der Waals surface area contributed by atoms with Crippen molar-refractivity contribution < 1.29 is 14.3 Å². The first-order valence-corrected chi connectivity index (χ1v) is 9.02. The van der Waals surface area contributed by atoms with Gasteiger partial charge in [0, 0.05) is 6.00 Å². The Morgan fingerprint density at radius 1 is 1.44 bits per heavy atom. The Morgan fingerprint density at radius 2 is 2.00 bits per heavy atom. The molecule has 1 aliphatic heterocycles. The summed E-state index contributed by atoms with van der Waals surface area (Å²) in [4.78, 5) is 0. The molecule has 1 unspecified atom stereocenters. The number of aliphatic hydroxyl groups excluding tert-OH is 1. The van der Waals surface area contributed by atoms with Crippen LogP contribution < -0.4 is 0 Å². The predicted octanol–water partition coefficient (Wildman–Crippen LogP) is 1.12. The van der Waals surface area contributed by atoms with Crippen LogP contribution in [0.1, 0.15) is 27.2 Å². The first-order chi connectivity index (χ1) is 7.13. The highest BCUT2D eigenvalue weighted by Crippen LogP contribution is 2.37. The van der Waals surface area contributed by atoms with E-state index in [1.807, 2.05) is 7.85 Å². The van der Waals surface area contributed by atoms with Gasteiger partial charge in [-0.25, -0.2) is 0 Å². The average Bonchev–Trinajstić information content (AvgIpc) is 2.39. The lowest BCUT2D eigenvalue weighted by molar-refractivity contribution is -0.000757. The molecule has 1 saturated heterocycles. The summed E-state index contributed by atoms with van der Waals surface area (Å²) in [6, 6.07) is 0.156. The van der Waals surface area contributed by atoms with Crippen LogP contribution in [0.15, 0.2) is 0 Å². The van der Waals surface area contributed by atoms with Crippen LogP contribution in [0.3, 0.4) is 0 Å². The Bertz CT molecular complexity index is 240. The lowest BCUT2D eigenvalue weighted by atomic mass is 9.96. The Morgan fingerprint density at radius 3 is 2.38 bits per heavy atom. The van der Waals surface area contributed by atoms with Crippen molar-refractivity contribution in [2.24, 2.45) is 0 Å². The van der Waals surface area contributed by atoms with Crippen LogP contribution in [0.4, 0.5) is 0 Å². The van der Waals surface area contributed by atoms with E-state index in [9.17, 15) is 5.11 Å². The van der Waals surface area contributed by atoms with E-state index in [2.05, 4.69) is 33.9 Å². The average molecular weight is 244 g/mol. The number of hydrogen-bond donors (Lipinski definition) is 1. The van der Waals surface area contributed by atoms with E-state index in [-0.39, 0.29) is 23.2 Å². The maximum atomic E-state index is 9.77. The summed E-state index contributed by atoms with van der Waals surface area (Å²) in [5, 5.41) is 9.98. The smallest absolute Gasteiger partial charge is 0.192 e. The Kier molecular flexibility index (Phi) is 4.27. The fourth-order valence-corrected chi connectivity index (χ4v) is 2.61. The molecular formula is C11H25BO3Si. The van der Waals surface area contributed by atoms with E-state index in [1.165, 1.54) is 0 Å². The van der Waals surface area contributed by atoms with Gasteiger partial charge < -0.3 is 14.3 Å². The Balaban J connectivity index is 2.46. The minimum atomic E-state index is -1.72. The zero-order chi connectivity index (χ0) is 12.6. The summed E-state index contributed by atoms with van der Waals surface area (Å²) in [7, 11) is 0.280. The number of hydrogen-bond acceptors (Lipinski definition) is 3. The van der Waals surface area contributed by atoms with Crippen molar-refractivity contribution in [2.45, 2.75) is 63.5 Å². The summed E-state index contributed by atoms with van der Waals surface area (Å²) < 4.78 is 11.7. The van der Waals surface area contributed by atoms with Gasteiger partial charge in [0.1, 0.15) is 14.0 Å². The Hall–Kier alpha value is 0.162. The van der Waals surface area contributed by atoms with Crippen LogP contribution >= 0.6 is 0 Å². The van der Waals surface area contributed by atoms with Gasteiger partial charge in [-0.15, -0.1) is 0 Å². The third-order valence-electron chi connectivity index (χ3n) is 3.82. The molecule has 0 aromatic carbocycles. The molecule has 0 spiro atoms. The van der Waals surface area contributed by atoms with E-state index in [0.717, 1.165) is 6.42 Å². The molecular weight excluding hydrogens is 219 g/mol. The zero-order valence-corrected chi connectivity index (χ0v) is 12.4. The van der Waals surface area contributed by atoms with Crippen LogP contribution in [-0.2, 0) is 9.16 Å². The number of ether oxygens (including phenoxy) is 1. The summed E-state index contributed by atoms with van der Waals surface area (Å²) in [5.74, 6) is 0. The lowest BCUT2D eigenvalue weighted by Crippen LogP contribution is -2.43. The molecule has 5 heteroatoms. The quantitative estimate of drug-likeness (QED) is 0.756. The van der Waals surface area contributed by atoms with E-state index >= 15 is 0 Å². The molecule has 0 aliphatic carbocycles. The Labute approximate surface area is 101 Å². The maximum absolute atomic E-state index is 9.77. The molecule has 0 amide bonds. The summed E-state index contributed by atoms with van der Waals surface area (Å²) in [6.45, 7) is 11.6. The van der Waals surface area contributed by atoms with Gasteiger partial charge in [-0.05, 0) is 24.6 Å². The SMILES string of the molecule is B[C@H]1C[C@@H](O)C(CO[Si](C)(C)C(C)(C)C)O1. The minimum absolute atomic E-state index is 0.135. The summed E-state index contributed by atoms with van der Waals surface area (Å²) in [6.07, 6.45) is 0.231. The third kappa shape index (κ3) is 3.33. The van der Waals surface area contributed by atoms with E-state index < -0.39 is 8.32 Å². The highest BCUT2D eigenvalue weighted by Gasteiger charge is 2.39. The van der Waals surface area contributed by atoms with Crippen LogP contribution in [0.25, 0.3) is 0 Å². The normalized spacial score (nSPS) is 32.0. The van der Waals surface area contributed by atoms with Gasteiger partial charge in [-0.2, -0.15) is 0 Å². The third-order valence-corrected chi connectivity index (χ3v) is 8.33. The first kappa shape index (κ1) is 14.2. The van der Waals surface area contributed by atoms with E-state index in [1.54, 1.807) is 0 Å². The molecule has 3 atom stereocenters. The lowest BCUT2D eigenvalue weighted by Gasteiger charge is -2.37. The van der Waals surface area contributed by atoms with Crippen LogP contribution in [-0.4, -0.2) is 46.1 Å². The molecule has 3 nitrogen and oxygen atoms in total. The van der Waals surface area contributed by atoms with Crippen LogP contribution in [0.5, 0.6) is 0 Å². The van der Waals surface area contributed by atoms with Crippen molar-refractivity contribution in [1.29, 1.82) is 0 Å². The monoisotopic (exact) mass is 244 g/mol. The van der Waals surface area contributed by atoms with Crippen molar-refractivity contribution in [3.8, 4) is 0 Å². The van der Waals surface area contributed by atoms with Crippen molar-refractivity contribution in [3.05, 3.63) is 0 Å². The zero-order valence-electron chi connectivity index (χ0n) is 11.4. The van der Waals surface area contributed by atoms with Gasteiger partial charge >= 0.3 is 0 Å². The molecule has 94 valence electrons. The largest absolute Gasteiger partial charge is 0.414 e. The molecule has 1 heterocycles. The fourth-order valence-electron chi connectivity index (χ4n) is 1.59. The second kappa shape index (κ2) is 4.80. The molecule has 0 radical (unpaired) electrons. The van der Waals surface area contributed by atoms with Crippen molar-refractivity contribution in [3.63, 3.8) is 0 Å². The van der Waals surface area contributed by atoms with Crippen molar-refractivity contribution >= 4 is 16.2 Å². The van der Waals surface area contributed by atoms with E-state index in [4.69, 9.17) is 9.16 Å². The van der Waals surface area contributed by atoms with Crippen LogP contribution in [0.2, 0.25) is 18.1 Å². The summed E-state index contributed by atoms with van der Waals surface area (Å²) >= 11 is 0. The molecule has 0 bridgehead atoms. The van der Waals surface area contributed by atoms with E-state index in [0.29, 0.717) is 6.61 Å². The highest BCUT2D eigenvalue weighted by molar-refractivity contribution is 6.74. The van der Waals surface area contributed by atoms with Crippen molar-refractivity contribution in [1.82, 2.24) is 0 Å². The molecule has 0 saturated carbocycles. The predicted molar refractivity (Wildman–Crippen MR) is 71.0 cm³/mol. The molecule has 1 aliphatic rings. The van der Waals surface area contributed by atoms with Gasteiger partial charge in [0.05, 0.1) is 12.7 Å². The number of aliphatic hydroxyl groups is 1. The van der Waals surface area contributed by atoms with Gasteiger partial charge in [0.15, 0.2) is 8.32 Å². The molecule has 0 aromatic rings. The van der Waals surface area contributed by atoms with Gasteiger partial charge in [0.2, 0.25) is 0 Å². The maximum Gasteiger partial charge on any atom is 0.192 e. The standard InChI is InChI=1S/C11H25BO3Si/c1-11(2,3)16(4,5)14-7-9-8(13)6-10(12)15-9/h8-10,13H,6-7,12H2,1-5H3/t8-,9?,10-/m1/s1. The molecule has 1 N–H and O–H groups in total. The molecule has 1 rings (SSSR count). The van der Waals surface area contributed by atoms with Gasteiger partial charge in [0.25, 0.3) is 0 Å². The van der Waals surface area contributed by atoms with Gasteiger partial charge in [-0.3, -0.25) is 0 Å². The fraction of sp³-hybridized carbons (Fsp3) is 1.00. The molecule has 16 heavy (non-hydrogen) atoms. The molecule has 0 aromatic heterocycles. The second-order valence-electron chi connectivity index (χ2n) is 6.36. The molecule has 1 fully saturated rings. The topological polar surface area (TPSA) is 38.7 Å². The first-order valence-electron chi connectivity index (χ1n) is 6.11. The van der Waals surface area contributed by atoms with Crippen molar-refractivity contribution in [2.75, 3.05) is 6.61 Å². The van der Waals surface area contributed by atoms with Gasteiger partial charge in [-0.1, -0.05) is 20.8 Å². The van der Waals surface area contributed by atoms with Crippen LogP contribution in [0, 0.1) is 0 Å². The summed E-state index contributed by atoms with van der Waals surface area (Å²) in [5.41, 5.74) is 0.